The summed E-state index contributed by atoms with van der Waals surface area (Å²) in [5.41, 5.74) is 0. The van der Waals surface area contributed by atoms with Gasteiger partial charge in [-0.2, -0.15) is 21.4 Å². The van der Waals surface area contributed by atoms with E-state index in [2.05, 4.69) is 20.5 Å². The van der Waals surface area contributed by atoms with E-state index in [4.69, 9.17) is 0 Å². The standard InChI is InChI=1S/C3H3ClF2O4S/c1-9-3(6)2(4,5)11(7,8)10-3/h1H3/t2-,3+/m1/s1. The fourth-order valence-electron chi connectivity index (χ4n) is 0.510. The molecule has 0 spiro atoms. The average molecular weight is 209 g/mol. The van der Waals surface area contributed by atoms with Crippen molar-refractivity contribution < 1.29 is 26.1 Å². The highest BCUT2D eigenvalue weighted by Crippen LogP contribution is 2.52. The minimum Gasteiger partial charge on any atom is -0.322 e. The Hall–Kier alpha value is 0.0200. The number of alkyl halides is 3. The Morgan fingerprint density at radius 1 is 1.55 bits per heavy atom. The molecule has 0 bridgehead atoms. The first-order valence-electron chi connectivity index (χ1n) is 2.34. The third kappa shape index (κ3) is 0.883. The molecule has 4 nitrogen and oxygen atoms in total. The van der Waals surface area contributed by atoms with Crippen LogP contribution in [-0.4, -0.2) is 26.0 Å². The molecule has 0 aromatic rings. The SMILES string of the molecule is CO[C@]1(F)OS(=O)(=O)[C@@]1(F)Cl. The Morgan fingerprint density at radius 3 is 2.09 bits per heavy atom. The quantitative estimate of drug-likeness (QED) is 0.465. The van der Waals surface area contributed by atoms with Crippen LogP contribution in [0, 0.1) is 0 Å². The summed E-state index contributed by atoms with van der Waals surface area (Å²) in [6.45, 7) is 0. The minimum absolute atomic E-state index is 0.728. The Kier molecular flexibility index (Phi) is 1.68. The molecule has 2 atom stereocenters. The van der Waals surface area contributed by atoms with Crippen LogP contribution in [0.5, 0.6) is 0 Å². The lowest BCUT2D eigenvalue weighted by atomic mass is 10.6. The fraction of sp³-hybridized carbons (Fsp3) is 1.00. The van der Waals surface area contributed by atoms with Crippen LogP contribution >= 0.6 is 11.6 Å². The number of rotatable bonds is 1. The lowest BCUT2D eigenvalue weighted by molar-refractivity contribution is -0.315. The molecule has 0 saturated carbocycles. The van der Waals surface area contributed by atoms with Crippen molar-refractivity contribution in [1.82, 2.24) is 0 Å². The lowest BCUT2D eigenvalue weighted by Gasteiger charge is -2.39. The van der Waals surface area contributed by atoms with E-state index in [-0.39, 0.29) is 0 Å². The third-order valence-electron chi connectivity index (χ3n) is 1.14. The van der Waals surface area contributed by atoms with Crippen LogP contribution in [0.15, 0.2) is 0 Å². The summed E-state index contributed by atoms with van der Waals surface area (Å²) >= 11 is 4.62. The van der Waals surface area contributed by atoms with Crippen LogP contribution in [0.1, 0.15) is 0 Å². The molecule has 0 aromatic heterocycles. The van der Waals surface area contributed by atoms with E-state index in [1.807, 2.05) is 0 Å². The predicted octanol–water partition coefficient (Wildman–Crippen LogP) is 0.478. The van der Waals surface area contributed by atoms with Crippen molar-refractivity contribution in [2.75, 3.05) is 7.11 Å². The topological polar surface area (TPSA) is 52.6 Å². The van der Waals surface area contributed by atoms with E-state index in [0.717, 1.165) is 7.11 Å². The monoisotopic (exact) mass is 208 g/mol. The van der Waals surface area contributed by atoms with Crippen molar-refractivity contribution in [3.63, 3.8) is 0 Å². The van der Waals surface area contributed by atoms with Gasteiger partial charge in [-0.1, -0.05) is 11.6 Å². The van der Waals surface area contributed by atoms with Gasteiger partial charge >= 0.3 is 20.6 Å². The molecule has 0 N–H and O–H groups in total. The second kappa shape index (κ2) is 2.03. The number of hydrogen-bond donors (Lipinski definition) is 0. The molecule has 1 fully saturated rings. The first-order chi connectivity index (χ1) is 4.77. The Balaban J connectivity index is 3.03. The fourth-order valence-corrected chi connectivity index (χ4v) is 1.64. The zero-order valence-corrected chi connectivity index (χ0v) is 6.75. The van der Waals surface area contributed by atoms with Gasteiger partial charge in [0.15, 0.2) is 0 Å². The highest BCUT2D eigenvalue weighted by atomic mass is 35.5. The van der Waals surface area contributed by atoms with Crippen molar-refractivity contribution in [3.05, 3.63) is 0 Å². The van der Waals surface area contributed by atoms with Crippen LogP contribution in [-0.2, 0) is 19.0 Å². The zero-order valence-electron chi connectivity index (χ0n) is 5.18. The Bertz CT molecular complexity index is 275. The number of ether oxygens (including phenoxy) is 1. The highest BCUT2D eigenvalue weighted by Gasteiger charge is 2.78. The van der Waals surface area contributed by atoms with Gasteiger partial charge in [0.05, 0.1) is 0 Å². The van der Waals surface area contributed by atoms with Crippen molar-refractivity contribution in [1.29, 1.82) is 0 Å². The minimum atomic E-state index is -4.68. The van der Waals surface area contributed by atoms with Crippen LogP contribution in [0.25, 0.3) is 0 Å². The van der Waals surface area contributed by atoms with Crippen LogP contribution in [0.4, 0.5) is 8.78 Å². The van der Waals surface area contributed by atoms with Gasteiger partial charge in [-0.3, -0.25) is 0 Å². The lowest BCUT2D eigenvalue weighted by Crippen LogP contribution is -2.64. The Labute approximate surface area is 66.2 Å². The maximum atomic E-state index is 12.6. The van der Waals surface area contributed by atoms with Crippen LogP contribution < -0.4 is 0 Å². The van der Waals surface area contributed by atoms with Crippen molar-refractivity contribution in [2.45, 2.75) is 10.5 Å². The van der Waals surface area contributed by atoms with Gasteiger partial charge in [-0.25, -0.2) is 0 Å². The molecule has 1 aliphatic heterocycles. The van der Waals surface area contributed by atoms with Crippen molar-refractivity contribution >= 4 is 21.7 Å². The van der Waals surface area contributed by atoms with Gasteiger partial charge in [0.2, 0.25) is 0 Å². The molecule has 1 saturated heterocycles. The number of halogens is 3. The molecule has 0 aliphatic carbocycles. The van der Waals surface area contributed by atoms with E-state index in [1.165, 1.54) is 0 Å². The number of hydrogen-bond acceptors (Lipinski definition) is 4. The highest BCUT2D eigenvalue weighted by molar-refractivity contribution is 7.90. The van der Waals surface area contributed by atoms with E-state index in [1.54, 1.807) is 0 Å². The molecule has 0 aromatic carbocycles. The summed E-state index contributed by atoms with van der Waals surface area (Å²) in [5.74, 6) is 0. The molecule has 1 aliphatic rings. The van der Waals surface area contributed by atoms with Gasteiger partial charge in [0.25, 0.3) is 0 Å². The molecule has 8 heteroatoms. The van der Waals surface area contributed by atoms with E-state index in [0.29, 0.717) is 0 Å². The largest absolute Gasteiger partial charge is 0.401 e. The maximum Gasteiger partial charge on any atom is 0.401 e. The molecule has 0 unspecified atom stereocenters. The molecule has 0 radical (unpaired) electrons. The van der Waals surface area contributed by atoms with E-state index < -0.39 is 20.6 Å². The average Bonchev–Trinajstić information content (AvgIpc) is 1.86. The van der Waals surface area contributed by atoms with Gasteiger partial charge in [0, 0.05) is 7.11 Å². The summed E-state index contributed by atoms with van der Waals surface area (Å²) in [6.07, 6.45) is 0. The van der Waals surface area contributed by atoms with Crippen LogP contribution in [0.2, 0.25) is 0 Å². The van der Waals surface area contributed by atoms with Gasteiger partial charge < -0.3 is 4.74 Å². The Morgan fingerprint density at radius 2 is 2.00 bits per heavy atom. The molecular weight excluding hydrogens is 206 g/mol. The predicted molar refractivity (Wildman–Crippen MR) is 30.5 cm³/mol. The molecule has 66 valence electrons. The van der Waals surface area contributed by atoms with Crippen LogP contribution in [0.3, 0.4) is 0 Å². The molecule has 1 heterocycles. The molecule has 1 rings (SSSR count). The van der Waals surface area contributed by atoms with Gasteiger partial charge in [-0.05, 0) is 0 Å². The van der Waals surface area contributed by atoms with Gasteiger partial charge in [-0.15, -0.1) is 0 Å². The second-order valence-corrected chi connectivity index (χ2v) is 4.18. The third-order valence-corrected chi connectivity index (χ3v) is 3.24. The normalized spacial score (nSPS) is 48.4. The maximum absolute atomic E-state index is 12.6. The van der Waals surface area contributed by atoms with Crippen molar-refractivity contribution in [2.24, 2.45) is 0 Å². The first-order valence-corrected chi connectivity index (χ1v) is 4.12. The summed E-state index contributed by atoms with van der Waals surface area (Å²) < 4.78 is 49.3. The summed E-state index contributed by atoms with van der Waals surface area (Å²) in [7, 11) is -3.95. The molecular formula is C3H3ClF2O4S. The van der Waals surface area contributed by atoms with E-state index >= 15 is 0 Å². The molecule has 0 amide bonds. The number of methoxy groups -OCH3 is 1. The smallest absolute Gasteiger partial charge is 0.322 e. The molecule has 11 heavy (non-hydrogen) atoms. The summed E-state index contributed by atoms with van der Waals surface area (Å²) in [4.78, 5) is 0. The van der Waals surface area contributed by atoms with E-state index in [9.17, 15) is 17.2 Å². The van der Waals surface area contributed by atoms with Gasteiger partial charge in [0.1, 0.15) is 0 Å². The summed E-state index contributed by atoms with van der Waals surface area (Å²) in [6, 6.07) is -3.40. The van der Waals surface area contributed by atoms with Crippen molar-refractivity contribution in [3.8, 4) is 0 Å². The summed E-state index contributed by atoms with van der Waals surface area (Å²) in [5, 5.41) is 0. The first kappa shape index (κ1) is 9.11. The second-order valence-electron chi connectivity index (χ2n) is 1.79. The zero-order chi connectivity index (χ0) is 8.91.